The van der Waals surface area contributed by atoms with Crippen molar-refractivity contribution in [2.24, 2.45) is 0 Å². The first-order valence-corrected chi connectivity index (χ1v) is 5.65. The number of ether oxygens (including phenoxy) is 1. The van der Waals surface area contributed by atoms with Crippen LogP contribution in [0.2, 0.25) is 0 Å². The molecule has 0 aliphatic carbocycles. The van der Waals surface area contributed by atoms with Crippen LogP contribution >= 0.6 is 0 Å². The van der Waals surface area contributed by atoms with E-state index in [4.69, 9.17) is 0 Å². The van der Waals surface area contributed by atoms with Crippen LogP contribution in [0.1, 0.15) is 26.2 Å². The van der Waals surface area contributed by atoms with E-state index >= 15 is 0 Å². The molecular formula is C11H19NO4. The Bertz CT molecular complexity index is 269. The monoisotopic (exact) mass is 229 g/mol. The van der Waals surface area contributed by atoms with E-state index in [0.717, 1.165) is 25.9 Å². The van der Waals surface area contributed by atoms with Gasteiger partial charge >= 0.3 is 5.97 Å². The number of aliphatic hydroxyl groups excluding tert-OH is 2. The molecule has 92 valence electrons. The van der Waals surface area contributed by atoms with Crippen molar-refractivity contribution in [3.63, 3.8) is 0 Å². The summed E-state index contributed by atoms with van der Waals surface area (Å²) >= 11 is 0. The van der Waals surface area contributed by atoms with Crippen molar-refractivity contribution >= 4 is 5.97 Å². The van der Waals surface area contributed by atoms with E-state index in [1.807, 2.05) is 4.90 Å². The third-order valence-corrected chi connectivity index (χ3v) is 2.56. The summed E-state index contributed by atoms with van der Waals surface area (Å²) in [5.41, 5.74) is 0. The lowest BCUT2D eigenvalue weighted by Crippen LogP contribution is -2.32. The third kappa shape index (κ3) is 3.73. The summed E-state index contributed by atoms with van der Waals surface area (Å²) in [5.74, 6) is -1.84. The van der Waals surface area contributed by atoms with E-state index in [9.17, 15) is 15.0 Å². The fourth-order valence-electron chi connectivity index (χ4n) is 1.72. The SMILES string of the molecule is CCOC(=O)C(O)=C(O)CN1CCCCC1. The normalized spacial score (nSPS) is 19.1. The van der Waals surface area contributed by atoms with Crippen LogP contribution < -0.4 is 0 Å². The molecule has 0 amide bonds. The Balaban J connectivity index is 2.50. The van der Waals surface area contributed by atoms with Crippen molar-refractivity contribution in [2.45, 2.75) is 26.2 Å². The van der Waals surface area contributed by atoms with Gasteiger partial charge in [-0.2, -0.15) is 0 Å². The van der Waals surface area contributed by atoms with Crippen molar-refractivity contribution in [1.82, 2.24) is 4.90 Å². The molecule has 0 unspecified atom stereocenters. The smallest absolute Gasteiger partial charge is 0.377 e. The lowest BCUT2D eigenvalue weighted by atomic mass is 10.1. The van der Waals surface area contributed by atoms with Crippen LogP contribution in [0.25, 0.3) is 0 Å². The maximum Gasteiger partial charge on any atom is 0.377 e. The quantitative estimate of drug-likeness (QED) is 0.433. The second-order valence-corrected chi connectivity index (χ2v) is 3.85. The molecule has 2 N–H and O–H groups in total. The largest absolute Gasteiger partial charge is 0.507 e. The van der Waals surface area contributed by atoms with Crippen molar-refractivity contribution in [3.05, 3.63) is 11.5 Å². The van der Waals surface area contributed by atoms with Gasteiger partial charge in [0.1, 0.15) is 0 Å². The summed E-state index contributed by atoms with van der Waals surface area (Å²) in [6, 6.07) is 0. The zero-order valence-corrected chi connectivity index (χ0v) is 9.61. The Labute approximate surface area is 95.3 Å². The minimum Gasteiger partial charge on any atom is -0.507 e. The predicted molar refractivity (Wildman–Crippen MR) is 59.2 cm³/mol. The molecule has 1 fully saturated rings. The molecule has 16 heavy (non-hydrogen) atoms. The van der Waals surface area contributed by atoms with Gasteiger partial charge in [0.2, 0.25) is 5.76 Å². The van der Waals surface area contributed by atoms with Crippen LogP contribution in [0.5, 0.6) is 0 Å². The molecule has 0 bridgehead atoms. The van der Waals surface area contributed by atoms with Gasteiger partial charge < -0.3 is 14.9 Å². The highest BCUT2D eigenvalue weighted by atomic mass is 16.5. The highest BCUT2D eigenvalue weighted by Gasteiger charge is 2.18. The van der Waals surface area contributed by atoms with Crippen LogP contribution in [0.4, 0.5) is 0 Å². The van der Waals surface area contributed by atoms with Crippen molar-refractivity contribution in [2.75, 3.05) is 26.2 Å². The summed E-state index contributed by atoms with van der Waals surface area (Å²) in [5, 5.41) is 18.9. The van der Waals surface area contributed by atoms with E-state index in [2.05, 4.69) is 4.74 Å². The van der Waals surface area contributed by atoms with Crippen LogP contribution in [0, 0.1) is 0 Å². The number of aliphatic hydroxyl groups is 2. The number of nitrogens with zero attached hydrogens (tertiary/aromatic N) is 1. The first-order chi connectivity index (χ1) is 7.65. The van der Waals surface area contributed by atoms with Crippen LogP contribution in [-0.2, 0) is 9.53 Å². The van der Waals surface area contributed by atoms with Gasteiger partial charge in [0.15, 0.2) is 5.76 Å². The second-order valence-electron chi connectivity index (χ2n) is 3.85. The van der Waals surface area contributed by atoms with Crippen molar-refractivity contribution in [3.8, 4) is 0 Å². The van der Waals surface area contributed by atoms with E-state index < -0.39 is 11.7 Å². The van der Waals surface area contributed by atoms with Crippen LogP contribution in [-0.4, -0.2) is 47.3 Å². The molecule has 0 spiro atoms. The van der Waals surface area contributed by atoms with Crippen molar-refractivity contribution < 1.29 is 19.7 Å². The molecule has 0 aromatic heterocycles. The summed E-state index contributed by atoms with van der Waals surface area (Å²) in [4.78, 5) is 13.1. The molecule has 0 saturated carbocycles. The van der Waals surface area contributed by atoms with E-state index in [0.29, 0.717) is 0 Å². The van der Waals surface area contributed by atoms with Crippen LogP contribution in [0.15, 0.2) is 11.5 Å². The Hall–Kier alpha value is -1.23. The number of piperidine rings is 1. The third-order valence-electron chi connectivity index (χ3n) is 2.56. The number of hydrogen-bond acceptors (Lipinski definition) is 5. The lowest BCUT2D eigenvalue weighted by Gasteiger charge is -2.25. The van der Waals surface area contributed by atoms with Crippen molar-refractivity contribution in [1.29, 1.82) is 0 Å². The molecule has 1 aliphatic rings. The fraction of sp³-hybridized carbons (Fsp3) is 0.727. The number of carbonyl (C=O) groups is 1. The van der Waals surface area contributed by atoms with Gasteiger partial charge in [-0.15, -0.1) is 0 Å². The maximum absolute atomic E-state index is 11.1. The van der Waals surface area contributed by atoms with Gasteiger partial charge in [-0.3, -0.25) is 4.90 Å². The minimum absolute atomic E-state index is 0.180. The first-order valence-electron chi connectivity index (χ1n) is 5.65. The molecule has 5 heteroatoms. The highest BCUT2D eigenvalue weighted by Crippen LogP contribution is 2.11. The van der Waals surface area contributed by atoms with Gasteiger partial charge in [0.05, 0.1) is 13.2 Å². The molecule has 0 atom stereocenters. The topological polar surface area (TPSA) is 70.0 Å². The summed E-state index contributed by atoms with van der Waals surface area (Å²) < 4.78 is 4.59. The Morgan fingerprint density at radius 1 is 1.25 bits per heavy atom. The number of likely N-dealkylation sites (tertiary alicyclic amines) is 1. The van der Waals surface area contributed by atoms with Gasteiger partial charge in [0, 0.05) is 0 Å². The van der Waals surface area contributed by atoms with E-state index in [1.54, 1.807) is 6.92 Å². The average Bonchev–Trinajstić information content (AvgIpc) is 2.29. The first kappa shape index (κ1) is 12.8. The van der Waals surface area contributed by atoms with Gasteiger partial charge in [-0.05, 0) is 32.9 Å². The molecule has 1 heterocycles. The Morgan fingerprint density at radius 3 is 2.44 bits per heavy atom. The fourth-order valence-corrected chi connectivity index (χ4v) is 1.72. The average molecular weight is 229 g/mol. The van der Waals surface area contributed by atoms with E-state index in [-0.39, 0.29) is 18.9 Å². The molecule has 0 radical (unpaired) electrons. The lowest BCUT2D eigenvalue weighted by molar-refractivity contribution is -0.141. The van der Waals surface area contributed by atoms with Gasteiger partial charge in [-0.1, -0.05) is 6.42 Å². The molecule has 1 rings (SSSR count). The zero-order valence-electron chi connectivity index (χ0n) is 9.61. The molecule has 5 nitrogen and oxygen atoms in total. The Morgan fingerprint density at radius 2 is 1.88 bits per heavy atom. The standard InChI is InChI=1S/C11H19NO4/c1-2-16-11(15)10(14)9(13)8-12-6-4-3-5-7-12/h13-14H,2-8H2,1H3. The summed E-state index contributed by atoms with van der Waals surface area (Å²) in [6.07, 6.45) is 3.38. The molecule has 1 aliphatic heterocycles. The molecule has 0 aromatic carbocycles. The number of carbonyl (C=O) groups excluding carboxylic acids is 1. The molecular weight excluding hydrogens is 210 g/mol. The van der Waals surface area contributed by atoms with Gasteiger partial charge in [0.25, 0.3) is 0 Å². The highest BCUT2D eigenvalue weighted by molar-refractivity contribution is 5.86. The number of hydrogen-bond donors (Lipinski definition) is 2. The number of esters is 1. The predicted octanol–water partition coefficient (Wildman–Crippen LogP) is 1.36. The van der Waals surface area contributed by atoms with Gasteiger partial charge in [-0.25, -0.2) is 4.79 Å². The Kier molecular flexibility index (Phi) is 5.11. The molecule has 0 aromatic rings. The second kappa shape index (κ2) is 6.37. The number of rotatable bonds is 4. The zero-order chi connectivity index (χ0) is 12.0. The summed E-state index contributed by atoms with van der Waals surface area (Å²) in [6.45, 7) is 3.82. The van der Waals surface area contributed by atoms with Crippen LogP contribution in [0.3, 0.4) is 0 Å². The summed E-state index contributed by atoms with van der Waals surface area (Å²) in [7, 11) is 0. The maximum atomic E-state index is 11.1. The van der Waals surface area contributed by atoms with E-state index in [1.165, 1.54) is 6.42 Å². The minimum atomic E-state index is -0.864. The molecule has 1 saturated heterocycles.